The average molecular weight is 296 g/mol. The minimum Gasteiger partial charge on any atom is -0.329 e. The van der Waals surface area contributed by atoms with Gasteiger partial charge < -0.3 is 9.97 Å². The molecule has 2 N–H and O–H groups in total. The second-order valence-corrected chi connectivity index (χ2v) is 5.63. The normalized spacial score (nSPS) is 11.1. The molecule has 0 atom stereocenters. The van der Waals surface area contributed by atoms with Crippen molar-refractivity contribution >= 4 is 30.7 Å². The van der Waals surface area contributed by atoms with Gasteiger partial charge in [-0.1, -0.05) is 14.5 Å². The van der Waals surface area contributed by atoms with Gasteiger partial charge in [0.2, 0.25) is 0 Å². The molecule has 0 aliphatic heterocycles. The van der Waals surface area contributed by atoms with E-state index in [1.165, 1.54) is 0 Å². The number of hydrogen-bond acceptors (Lipinski definition) is 2. The lowest BCUT2D eigenvalue weighted by Gasteiger charge is -2.08. The van der Waals surface area contributed by atoms with Crippen LogP contribution in [-0.2, 0) is 0 Å². The largest absolute Gasteiger partial charge is 0.329 e. The monoisotopic (exact) mass is 296 g/mol. The Morgan fingerprint density at radius 3 is 2.62 bits per heavy atom. The summed E-state index contributed by atoms with van der Waals surface area (Å²) < 4.78 is 0. The molecule has 0 saturated carbocycles. The average Bonchev–Trinajstić information content (AvgIpc) is 2.47. The van der Waals surface area contributed by atoms with E-state index in [9.17, 15) is 9.59 Å². The van der Waals surface area contributed by atoms with E-state index >= 15 is 0 Å². The van der Waals surface area contributed by atoms with Crippen molar-refractivity contribution in [1.29, 1.82) is 0 Å². The molecule has 2 aromatic heterocycles. The second-order valence-electron chi connectivity index (χ2n) is 4.83. The van der Waals surface area contributed by atoms with Crippen molar-refractivity contribution in [2.75, 3.05) is 0 Å². The van der Waals surface area contributed by atoms with E-state index in [0.29, 0.717) is 24.6 Å². The molecule has 1 aromatic carbocycles. The summed E-state index contributed by atoms with van der Waals surface area (Å²) in [5.74, 6) is 0. The van der Waals surface area contributed by atoms with Crippen molar-refractivity contribution in [3.63, 3.8) is 0 Å². The molecule has 0 spiro atoms. The number of hydrogen-bond donors (Lipinski definition) is 2. The minimum atomic E-state index is -0.176. The third-order valence-corrected chi connectivity index (χ3v) is 4.03. The van der Waals surface area contributed by atoms with Crippen molar-refractivity contribution in [1.82, 2.24) is 9.97 Å². The Kier molecular flexibility index (Phi) is 3.32. The lowest BCUT2D eigenvalue weighted by Crippen LogP contribution is -2.21. The predicted octanol–water partition coefficient (Wildman–Crippen LogP) is 2.20. The fourth-order valence-electron chi connectivity index (χ4n) is 2.42. The Hall–Kier alpha value is -2.45. The quantitative estimate of drug-likeness (QED) is 0.712. The molecule has 0 unspecified atom stereocenters. The number of rotatable bonds is 2. The molecule has 0 bridgehead atoms. The molecule has 0 aliphatic carbocycles. The number of nitrogens with one attached hydrogen (secondary N) is 2. The second kappa shape index (κ2) is 5.15. The first-order valence-electron chi connectivity index (χ1n) is 6.42. The predicted molar refractivity (Wildman–Crippen MR) is 89.0 cm³/mol. The summed E-state index contributed by atoms with van der Waals surface area (Å²) in [6.07, 6.45) is 5.33. The molecular formula is C16H13N2O2P. The Balaban J connectivity index is 2.46. The van der Waals surface area contributed by atoms with Gasteiger partial charge in [-0.25, -0.2) is 0 Å². The zero-order chi connectivity index (χ0) is 15.0. The lowest BCUT2D eigenvalue weighted by atomic mass is 10.0. The van der Waals surface area contributed by atoms with E-state index in [2.05, 4.69) is 16.3 Å². The van der Waals surface area contributed by atoms with Crippen LogP contribution < -0.4 is 16.4 Å². The van der Waals surface area contributed by atoms with Crippen molar-refractivity contribution < 1.29 is 0 Å². The van der Waals surface area contributed by atoms with Gasteiger partial charge in [-0.2, -0.15) is 0 Å². The van der Waals surface area contributed by atoms with Crippen LogP contribution in [0.15, 0.2) is 46.1 Å². The fourth-order valence-corrected chi connectivity index (χ4v) is 2.85. The number of aryl methyl sites for hydroxylation is 1. The lowest BCUT2D eigenvalue weighted by molar-refractivity contribution is 1.24. The molecule has 3 aromatic rings. The molecule has 5 heteroatoms. The molecule has 0 saturated heterocycles. The first-order valence-corrected chi connectivity index (χ1v) is 7.50. The minimum absolute atomic E-state index is 0.170. The highest BCUT2D eigenvalue weighted by molar-refractivity contribution is 7.45. The first kappa shape index (κ1) is 13.5. The molecule has 3 rings (SSSR count). The zero-order valence-electron chi connectivity index (χ0n) is 11.4. The Morgan fingerprint density at radius 2 is 1.90 bits per heavy atom. The van der Waals surface area contributed by atoms with Gasteiger partial charge in [0.25, 0.3) is 11.1 Å². The third kappa shape index (κ3) is 2.34. The molecule has 0 radical (unpaired) electrons. The standard InChI is InChI=1S/C16H13N2O2P/c1-9-6-10-8-13(21-2)16(20)18-14(10)12(7-9)11-4-3-5-17-15(11)19/h3-8H,2H2,1H3,(H,17,19)(H,18,20). The summed E-state index contributed by atoms with van der Waals surface area (Å²) in [7, 11) is 0.674. The third-order valence-electron chi connectivity index (χ3n) is 3.36. The SMILES string of the molecule is C=Pc1cc2cc(C)cc(-c3ccc[nH]c3=O)c2[nH]c1=O. The number of aromatic amines is 2. The highest BCUT2D eigenvalue weighted by Crippen LogP contribution is 2.25. The number of H-pyrrole nitrogens is 2. The summed E-state index contributed by atoms with van der Waals surface area (Å²) >= 11 is 0. The van der Waals surface area contributed by atoms with Gasteiger partial charge in [-0.3, -0.25) is 9.59 Å². The topological polar surface area (TPSA) is 65.7 Å². The van der Waals surface area contributed by atoms with Crippen LogP contribution in [0.3, 0.4) is 0 Å². The number of fused-ring (bicyclic) bond motifs is 1. The van der Waals surface area contributed by atoms with Gasteiger partial charge in [0.05, 0.1) is 10.8 Å². The Labute approximate surface area is 122 Å². The van der Waals surface area contributed by atoms with Gasteiger partial charge in [-0.05, 0) is 42.8 Å². The Morgan fingerprint density at radius 1 is 1.10 bits per heavy atom. The molecule has 104 valence electrons. The van der Waals surface area contributed by atoms with Crippen molar-refractivity contribution in [3.8, 4) is 11.1 Å². The highest BCUT2D eigenvalue weighted by Gasteiger charge is 2.10. The zero-order valence-corrected chi connectivity index (χ0v) is 12.3. The van der Waals surface area contributed by atoms with Crippen LogP contribution in [-0.4, -0.2) is 16.3 Å². The van der Waals surface area contributed by atoms with Crippen LogP contribution in [0.4, 0.5) is 0 Å². The van der Waals surface area contributed by atoms with E-state index in [0.717, 1.165) is 16.5 Å². The Bertz CT molecular complexity index is 970. The molecule has 0 fully saturated rings. The number of benzene rings is 1. The molecule has 21 heavy (non-hydrogen) atoms. The van der Waals surface area contributed by atoms with Crippen molar-refractivity contribution in [2.45, 2.75) is 6.92 Å². The van der Waals surface area contributed by atoms with Gasteiger partial charge in [0, 0.05) is 22.7 Å². The maximum absolute atomic E-state index is 12.0. The van der Waals surface area contributed by atoms with Crippen molar-refractivity contribution in [2.24, 2.45) is 0 Å². The van der Waals surface area contributed by atoms with Gasteiger partial charge in [-0.15, -0.1) is 0 Å². The van der Waals surface area contributed by atoms with Crippen LogP contribution in [0.2, 0.25) is 0 Å². The van der Waals surface area contributed by atoms with E-state index in [1.54, 1.807) is 18.3 Å². The summed E-state index contributed by atoms with van der Waals surface area (Å²) in [5.41, 5.74) is 2.63. The molecule has 0 amide bonds. The maximum atomic E-state index is 12.0. The van der Waals surface area contributed by atoms with Crippen LogP contribution in [0.1, 0.15) is 5.56 Å². The summed E-state index contributed by atoms with van der Waals surface area (Å²) in [4.78, 5) is 29.6. The van der Waals surface area contributed by atoms with Gasteiger partial charge in [0.1, 0.15) is 0 Å². The van der Waals surface area contributed by atoms with E-state index in [1.807, 2.05) is 25.1 Å². The number of aromatic nitrogens is 2. The maximum Gasteiger partial charge on any atom is 0.260 e. The highest BCUT2D eigenvalue weighted by atomic mass is 31.1. The van der Waals surface area contributed by atoms with Crippen LogP contribution >= 0.6 is 8.20 Å². The van der Waals surface area contributed by atoms with E-state index in [-0.39, 0.29) is 11.1 Å². The van der Waals surface area contributed by atoms with Crippen molar-refractivity contribution in [3.05, 3.63) is 62.8 Å². The van der Waals surface area contributed by atoms with Gasteiger partial charge in [0.15, 0.2) is 0 Å². The van der Waals surface area contributed by atoms with Gasteiger partial charge >= 0.3 is 0 Å². The molecule has 4 nitrogen and oxygen atoms in total. The van der Waals surface area contributed by atoms with Crippen LogP contribution in [0, 0.1) is 6.92 Å². The van der Waals surface area contributed by atoms with E-state index in [4.69, 9.17) is 0 Å². The molecule has 2 heterocycles. The first-order chi connectivity index (χ1) is 10.1. The summed E-state index contributed by atoms with van der Waals surface area (Å²) in [5, 5.41) is 1.51. The van der Waals surface area contributed by atoms with E-state index < -0.39 is 0 Å². The fraction of sp³-hybridized carbons (Fsp3) is 0.0625. The summed E-state index contributed by atoms with van der Waals surface area (Å²) in [6.45, 7) is 1.97. The van der Waals surface area contributed by atoms with Crippen LogP contribution in [0.25, 0.3) is 22.0 Å². The molecular weight excluding hydrogens is 283 g/mol. The van der Waals surface area contributed by atoms with Crippen LogP contribution in [0.5, 0.6) is 0 Å². The summed E-state index contributed by atoms with van der Waals surface area (Å²) in [6, 6.07) is 9.24. The molecule has 0 aliphatic rings. The smallest absolute Gasteiger partial charge is 0.260 e. The number of pyridine rings is 2.